The van der Waals surface area contributed by atoms with E-state index in [1.807, 2.05) is 53.4 Å². The maximum atomic E-state index is 14.2. The molecular weight excluding hydrogens is 500 g/mol. The highest BCUT2D eigenvalue weighted by Crippen LogP contribution is 2.42. The third-order valence-electron chi connectivity index (χ3n) is 7.49. The Bertz CT molecular complexity index is 1380. The predicted octanol–water partition coefficient (Wildman–Crippen LogP) is 5.22. The van der Waals surface area contributed by atoms with Gasteiger partial charge < -0.3 is 15.5 Å². The molecule has 2 aliphatic rings. The molecule has 5 rings (SSSR count). The molecule has 1 heterocycles. The fourth-order valence-electron chi connectivity index (χ4n) is 5.68. The van der Waals surface area contributed by atoms with Crippen molar-refractivity contribution >= 4 is 23.4 Å². The summed E-state index contributed by atoms with van der Waals surface area (Å²) >= 11 is 0. The van der Waals surface area contributed by atoms with Gasteiger partial charge in [0.25, 0.3) is 5.91 Å². The lowest BCUT2D eigenvalue weighted by Crippen LogP contribution is -2.51. The van der Waals surface area contributed by atoms with Crippen molar-refractivity contribution in [3.8, 4) is 11.1 Å². The third-order valence-corrected chi connectivity index (χ3v) is 7.49. The molecule has 6 nitrogen and oxygen atoms in total. The lowest BCUT2D eigenvalue weighted by atomic mass is 9.93. The first-order valence-corrected chi connectivity index (χ1v) is 13.4. The van der Waals surface area contributed by atoms with Crippen LogP contribution in [0.5, 0.6) is 0 Å². The minimum Gasteiger partial charge on any atom is -0.344 e. The number of anilines is 1. The van der Waals surface area contributed by atoms with Crippen molar-refractivity contribution in [2.24, 2.45) is 0 Å². The quantitative estimate of drug-likeness (QED) is 0.458. The summed E-state index contributed by atoms with van der Waals surface area (Å²) in [5.41, 5.74) is 3.49. The summed E-state index contributed by atoms with van der Waals surface area (Å²) in [5.74, 6) is -2.86. The molecule has 0 radical (unpaired) electrons. The Hall–Kier alpha value is -4.07. The van der Waals surface area contributed by atoms with Crippen molar-refractivity contribution in [1.29, 1.82) is 0 Å². The van der Waals surface area contributed by atoms with E-state index in [1.54, 1.807) is 0 Å². The fourth-order valence-corrected chi connectivity index (χ4v) is 5.68. The number of nitrogens with one attached hydrogen (secondary N) is 2. The van der Waals surface area contributed by atoms with Gasteiger partial charge in [0.05, 0.1) is 12.1 Å². The van der Waals surface area contributed by atoms with Crippen LogP contribution in [0.25, 0.3) is 11.1 Å². The molecule has 39 heavy (non-hydrogen) atoms. The van der Waals surface area contributed by atoms with E-state index in [1.165, 1.54) is 6.92 Å². The zero-order chi connectivity index (χ0) is 27.5. The molecule has 1 saturated carbocycles. The zero-order valence-corrected chi connectivity index (χ0v) is 21.8. The first-order valence-electron chi connectivity index (χ1n) is 13.4. The maximum Gasteiger partial charge on any atom is 0.254 e. The van der Waals surface area contributed by atoms with Gasteiger partial charge in [-0.25, -0.2) is 8.78 Å². The smallest absolute Gasteiger partial charge is 0.254 e. The van der Waals surface area contributed by atoms with Crippen molar-refractivity contribution in [1.82, 2.24) is 10.6 Å². The van der Waals surface area contributed by atoms with Crippen LogP contribution in [0, 0.1) is 11.6 Å². The molecule has 2 N–H and O–H groups in total. The molecule has 3 aromatic carbocycles. The third kappa shape index (κ3) is 5.70. The fraction of sp³-hybridized carbons (Fsp3) is 0.323. The monoisotopic (exact) mass is 531 g/mol. The first-order chi connectivity index (χ1) is 18.8. The standard InChI is InChI=1S/C31H31F2N3O3/c1-19(34-28(37)17-20-15-21(32)18-22(33)16-20)30(38)35-29-26-13-6-5-11-24(26)25-12-7-8-14-27(25)36(31(29)39)23-9-3-2-4-10-23/h5-8,11-16,18-19,23,29H,2-4,9-10,17H2,1H3,(H,34,37)(H,35,38)/t19-,29?/m0/s1. The van der Waals surface area contributed by atoms with Gasteiger partial charge in [0, 0.05) is 17.7 Å². The molecule has 0 bridgehead atoms. The van der Waals surface area contributed by atoms with Crippen LogP contribution in [-0.2, 0) is 20.8 Å². The zero-order valence-electron chi connectivity index (χ0n) is 21.8. The van der Waals surface area contributed by atoms with Gasteiger partial charge in [-0.2, -0.15) is 0 Å². The lowest BCUT2D eigenvalue weighted by Gasteiger charge is -2.36. The first kappa shape index (κ1) is 26.5. The van der Waals surface area contributed by atoms with Crippen molar-refractivity contribution in [2.45, 2.75) is 63.6 Å². The highest BCUT2D eigenvalue weighted by molar-refractivity contribution is 6.07. The molecule has 3 amide bonds. The summed E-state index contributed by atoms with van der Waals surface area (Å²) < 4.78 is 27.0. The molecule has 3 aromatic rings. The van der Waals surface area contributed by atoms with Gasteiger partial charge in [0.15, 0.2) is 0 Å². The van der Waals surface area contributed by atoms with Crippen molar-refractivity contribution in [2.75, 3.05) is 4.90 Å². The molecule has 1 unspecified atom stereocenters. The second kappa shape index (κ2) is 11.4. The number of carbonyl (C=O) groups excluding carboxylic acids is 3. The predicted molar refractivity (Wildman–Crippen MR) is 145 cm³/mol. The van der Waals surface area contributed by atoms with Gasteiger partial charge in [0.1, 0.15) is 23.7 Å². The van der Waals surface area contributed by atoms with E-state index in [2.05, 4.69) is 10.6 Å². The van der Waals surface area contributed by atoms with E-state index in [4.69, 9.17) is 0 Å². The highest BCUT2D eigenvalue weighted by atomic mass is 19.1. The minimum atomic E-state index is -0.982. The molecule has 1 fully saturated rings. The largest absolute Gasteiger partial charge is 0.344 e. The van der Waals surface area contributed by atoms with Gasteiger partial charge in [-0.1, -0.05) is 61.7 Å². The van der Waals surface area contributed by atoms with Crippen molar-refractivity contribution < 1.29 is 23.2 Å². The van der Waals surface area contributed by atoms with Gasteiger partial charge in [0.2, 0.25) is 11.8 Å². The Balaban J connectivity index is 1.39. The van der Waals surface area contributed by atoms with E-state index in [9.17, 15) is 23.2 Å². The molecular formula is C31H31F2N3O3. The van der Waals surface area contributed by atoms with Crippen LogP contribution in [-0.4, -0.2) is 29.8 Å². The Labute approximate surface area is 226 Å². The summed E-state index contributed by atoms with van der Waals surface area (Å²) in [6.45, 7) is 1.51. The Morgan fingerprint density at radius 3 is 2.28 bits per heavy atom. The maximum absolute atomic E-state index is 14.2. The average Bonchev–Trinajstić information content (AvgIpc) is 3.01. The number of halogens is 2. The lowest BCUT2D eigenvalue weighted by molar-refractivity contribution is -0.131. The average molecular weight is 532 g/mol. The van der Waals surface area contributed by atoms with E-state index >= 15 is 0 Å². The van der Waals surface area contributed by atoms with Gasteiger partial charge in [-0.05, 0) is 54.7 Å². The summed E-state index contributed by atoms with van der Waals surface area (Å²) in [5, 5.41) is 5.47. The molecule has 8 heteroatoms. The van der Waals surface area contributed by atoms with E-state index < -0.39 is 35.5 Å². The van der Waals surface area contributed by atoms with Crippen LogP contribution >= 0.6 is 0 Å². The Morgan fingerprint density at radius 2 is 1.56 bits per heavy atom. The number of fused-ring (bicyclic) bond motifs is 3. The number of carbonyl (C=O) groups is 3. The van der Waals surface area contributed by atoms with Crippen LogP contribution in [0.15, 0.2) is 66.7 Å². The SMILES string of the molecule is C[C@H](NC(=O)Cc1cc(F)cc(F)c1)C(=O)NC1C(=O)N(C2CCCCC2)c2ccccc2-c2ccccc21. The molecule has 1 aliphatic heterocycles. The normalized spacial score (nSPS) is 18.0. The summed E-state index contributed by atoms with van der Waals surface area (Å²) in [6, 6.07) is 16.4. The summed E-state index contributed by atoms with van der Waals surface area (Å²) in [7, 11) is 0. The number of benzene rings is 3. The summed E-state index contributed by atoms with van der Waals surface area (Å²) in [4.78, 5) is 41.9. The van der Waals surface area contributed by atoms with Crippen LogP contribution in [0.3, 0.4) is 0 Å². The molecule has 1 aliphatic carbocycles. The van der Waals surface area contributed by atoms with E-state index in [0.29, 0.717) is 5.56 Å². The second-order valence-electron chi connectivity index (χ2n) is 10.3. The number of hydrogen-bond acceptors (Lipinski definition) is 3. The summed E-state index contributed by atoms with van der Waals surface area (Å²) in [6.07, 6.45) is 4.72. The number of hydrogen-bond donors (Lipinski definition) is 2. The Morgan fingerprint density at radius 1 is 0.923 bits per heavy atom. The van der Waals surface area contributed by atoms with Gasteiger partial charge in [-0.3, -0.25) is 14.4 Å². The minimum absolute atomic E-state index is 0.0323. The van der Waals surface area contributed by atoms with Gasteiger partial charge in [-0.15, -0.1) is 0 Å². The topological polar surface area (TPSA) is 78.5 Å². The van der Waals surface area contributed by atoms with Crippen LogP contribution in [0.4, 0.5) is 14.5 Å². The van der Waals surface area contributed by atoms with E-state index in [0.717, 1.165) is 67.1 Å². The highest BCUT2D eigenvalue weighted by Gasteiger charge is 2.39. The van der Waals surface area contributed by atoms with Crippen LogP contribution < -0.4 is 15.5 Å². The van der Waals surface area contributed by atoms with Crippen LogP contribution in [0.1, 0.15) is 56.2 Å². The number of rotatable bonds is 6. The van der Waals surface area contributed by atoms with Crippen LogP contribution in [0.2, 0.25) is 0 Å². The molecule has 0 aromatic heterocycles. The number of para-hydroxylation sites is 1. The van der Waals surface area contributed by atoms with Crippen molar-refractivity contribution in [3.05, 3.63) is 89.5 Å². The van der Waals surface area contributed by atoms with Crippen molar-refractivity contribution in [3.63, 3.8) is 0 Å². The van der Waals surface area contributed by atoms with Gasteiger partial charge >= 0.3 is 0 Å². The molecule has 202 valence electrons. The molecule has 2 atom stereocenters. The Kier molecular flexibility index (Phi) is 7.72. The number of nitrogens with zero attached hydrogens (tertiary/aromatic N) is 1. The molecule has 0 spiro atoms. The number of amides is 3. The second-order valence-corrected chi connectivity index (χ2v) is 10.3. The molecule has 0 saturated heterocycles. The van der Waals surface area contributed by atoms with E-state index in [-0.39, 0.29) is 23.9 Å².